The zero-order valence-corrected chi connectivity index (χ0v) is 59.2. The summed E-state index contributed by atoms with van der Waals surface area (Å²) < 4.78 is 63.5. The normalized spacial score (nSPS) is 21.5. The van der Waals surface area contributed by atoms with Crippen LogP contribution in [0.4, 0.5) is 0 Å². The molecule has 1 aliphatic carbocycles. The highest BCUT2D eigenvalue weighted by atomic mass is 16.7. The second-order valence-electron chi connectivity index (χ2n) is 26.8. The van der Waals surface area contributed by atoms with Crippen LogP contribution < -0.4 is 0 Å². The Labute approximate surface area is 584 Å². The van der Waals surface area contributed by atoms with E-state index in [1.807, 2.05) is 127 Å². The van der Waals surface area contributed by atoms with E-state index in [9.17, 15) is 10.6 Å². The minimum atomic E-state index is -1.31. The van der Waals surface area contributed by atoms with Gasteiger partial charge in [-0.25, -0.2) is 0 Å². The first-order valence-corrected chi connectivity index (χ1v) is 37.8. The first-order valence-electron chi connectivity index (χ1n) is 37.8. The molecule has 1 unspecified atom stereocenters. The molecule has 7 rings (SSSR count). The summed E-state index contributed by atoms with van der Waals surface area (Å²) in [7, 11) is 0. The van der Waals surface area contributed by atoms with Gasteiger partial charge in [0.05, 0.1) is 51.8 Å². The van der Waals surface area contributed by atoms with E-state index in [4.69, 9.17) is 42.6 Å². The quantitative estimate of drug-likeness (QED) is 0.0131. The number of benzene rings is 5. The van der Waals surface area contributed by atoms with Crippen molar-refractivity contribution in [3.8, 4) is 0 Å². The summed E-state index contributed by atoms with van der Waals surface area (Å²) in [5, 5.41) is 17.1. The summed E-state index contributed by atoms with van der Waals surface area (Å²) in [6, 6.07) is 48.8. The lowest BCUT2D eigenvalue weighted by Crippen LogP contribution is -2.66. The van der Waals surface area contributed by atoms with Gasteiger partial charge in [-0.2, -0.15) is 0 Å². The van der Waals surface area contributed by atoms with Crippen molar-refractivity contribution in [2.45, 2.75) is 300 Å². The molecule has 0 aromatic heterocycles. The number of nitrogens with zero attached hydrogens (tertiary/aromatic N) is 3. The van der Waals surface area contributed by atoms with Crippen LogP contribution in [0.2, 0.25) is 0 Å². The van der Waals surface area contributed by atoms with E-state index in [1.54, 1.807) is 0 Å². The molecule has 97 heavy (non-hydrogen) atoms. The molecule has 1 saturated carbocycles. The Kier molecular flexibility index (Phi) is 41.2. The molecule has 5 aromatic rings. The van der Waals surface area contributed by atoms with E-state index in [0.717, 1.165) is 79.2 Å². The summed E-state index contributed by atoms with van der Waals surface area (Å²) in [5.41, 5.74) is 15.4. The lowest BCUT2D eigenvalue weighted by atomic mass is 9.85. The molecule has 0 amide bonds. The highest BCUT2D eigenvalue weighted by molar-refractivity contribution is 5.18. The van der Waals surface area contributed by atoms with Crippen LogP contribution in [-0.2, 0) is 75.7 Å². The Morgan fingerprint density at radius 2 is 0.753 bits per heavy atom. The summed E-state index contributed by atoms with van der Waals surface area (Å²) >= 11 is 0. The average Bonchev–Trinajstić information content (AvgIpc) is 0.803. The van der Waals surface area contributed by atoms with Gasteiger partial charge in [0.25, 0.3) is 0 Å². The number of unbranched alkanes of at least 4 members (excludes halogenated alkanes) is 24. The molecule has 13 heteroatoms. The van der Waals surface area contributed by atoms with E-state index in [1.165, 1.54) is 128 Å². The number of aliphatic hydroxyl groups excluding tert-OH is 1. The maximum Gasteiger partial charge on any atom is 0.169 e. The van der Waals surface area contributed by atoms with Gasteiger partial charge in [0.15, 0.2) is 6.29 Å². The molecular weight excluding hydrogens is 1210 g/mol. The van der Waals surface area contributed by atoms with Crippen LogP contribution in [0.5, 0.6) is 0 Å². The molecule has 1 heterocycles. The van der Waals surface area contributed by atoms with Gasteiger partial charge in [0, 0.05) is 24.5 Å². The van der Waals surface area contributed by atoms with Crippen molar-refractivity contribution in [1.29, 1.82) is 0 Å². The lowest BCUT2D eigenvalue weighted by Gasteiger charge is -2.50. The smallest absolute Gasteiger partial charge is 0.169 e. The molecular formula is C84H121N3O10. The van der Waals surface area contributed by atoms with E-state index in [0.29, 0.717) is 26.2 Å². The summed E-state index contributed by atoms with van der Waals surface area (Å²) in [6.45, 7) is 6.59. The highest BCUT2D eigenvalue weighted by Crippen LogP contribution is 2.39. The van der Waals surface area contributed by atoms with Crippen molar-refractivity contribution in [2.24, 2.45) is 5.11 Å². The first kappa shape index (κ1) is 78.8. The lowest BCUT2D eigenvalue weighted by molar-refractivity contribution is -0.333. The monoisotopic (exact) mass is 1330 g/mol. The highest BCUT2D eigenvalue weighted by Gasteiger charge is 2.55. The molecule has 1 saturated heterocycles. The van der Waals surface area contributed by atoms with Gasteiger partial charge in [-0.3, -0.25) is 0 Å². The van der Waals surface area contributed by atoms with Crippen LogP contribution in [0, 0.1) is 0 Å². The van der Waals surface area contributed by atoms with Crippen LogP contribution in [0.15, 0.2) is 181 Å². The Morgan fingerprint density at radius 3 is 1.15 bits per heavy atom. The van der Waals surface area contributed by atoms with Crippen LogP contribution in [-0.4, -0.2) is 92.2 Å². The van der Waals surface area contributed by atoms with Crippen molar-refractivity contribution >= 4 is 0 Å². The Morgan fingerprint density at radius 1 is 0.412 bits per heavy atom. The molecule has 13 nitrogen and oxygen atoms in total. The number of ether oxygens (including phenoxy) is 9. The summed E-state index contributed by atoms with van der Waals surface area (Å²) in [5.74, 6) is 0. The van der Waals surface area contributed by atoms with Crippen LogP contribution in [0.3, 0.4) is 0 Å². The Hall–Kier alpha value is -5.51. The number of allylic oxidation sites excluding steroid dienone is 4. The SMILES string of the molecule is CCCCCCCC/C=C\CCCCCCCCO[C@H]1C[C@@H](OCCCCCCCC/C=C\CCCCCCCC)[C@H](OCc2ccccc2)[C@@H](OCc2ccccc2)[C@@H]1O[C@@H]1O[C@H](C(O)COCc2ccccc2)[C@@H](OCc2ccccc2)[C@H](OCc2ccccc2)[C@H]1N=[N+]=[N-]. The molecule has 1 N–H and O–H groups in total. The molecule has 1 aliphatic heterocycles. The molecule has 0 spiro atoms. The first-order chi connectivity index (χ1) is 48.0. The largest absolute Gasteiger partial charge is 0.388 e. The van der Waals surface area contributed by atoms with Crippen molar-refractivity contribution < 1.29 is 47.7 Å². The third kappa shape index (κ3) is 31.7. The van der Waals surface area contributed by atoms with Gasteiger partial charge >= 0.3 is 0 Å². The number of hydrogen-bond acceptors (Lipinski definition) is 11. The number of aliphatic hydroxyl groups is 1. The third-order valence-electron chi connectivity index (χ3n) is 18.8. The third-order valence-corrected chi connectivity index (χ3v) is 18.8. The second-order valence-corrected chi connectivity index (χ2v) is 26.8. The minimum absolute atomic E-state index is 0.102. The molecule has 2 aliphatic rings. The maximum absolute atomic E-state index is 12.6. The van der Waals surface area contributed by atoms with Crippen molar-refractivity contribution in [1.82, 2.24) is 0 Å². The molecule has 0 bridgehead atoms. The molecule has 0 radical (unpaired) electrons. The number of hydrogen-bond donors (Lipinski definition) is 1. The van der Waals surface area contributed by atoms with Crippen LogP contribution >= 0.6 is 0 Å². The fraction of sp³-hybridized carbons (Fsp3) is 0.595. The van der Waals surface area contributed by atoms with Crippen LogP contribution in [0.1, 0.15) is 228 Å². The number of azide groups is 1. The molecule has 532 valence electrons. The fourth-order valence-corrected chi connectivity index (χ4v) is 13.2. The van der Waals surface area contributed by atoms with Crippen molar-refractivity contribution in [3.05, 3.63) is 214 Å². The number of rotatable bonds is 54. The van der Waals surface area contributed by atoms with Crippen LogP contribution in [0.25, 0.3) is 10.4 Å². The predicted octanol–water partition coefficient (Wildman–Crippen LogP) is 20.9. The van der Waals surface area contributed by atoms with Gasteiger partial charge in [-0.15, -0.1) is 0 Å². The van der Waals surface area contributed by atoms with Gasteiger partial charge in [0.1, 0.15) is 48.8 Å². The van der Waals surface area contributed by atoms with E-state index in [2.05, 4.69) is 72.4 Å². The zero-order chi connectivity index (χ0) is 67.7. The van der Waals surface area contributed by atoms with E-state index >= 15 is 0 Å². The van der Waals surface area contributed by atoms with Gasteiger partial charge in [-0.1, -0.05) is 310 Å². The topological polar surface area (TPSA) is 152 Å². The van der Waals surface area contributed by atoms with Crippen molar-refractivity contribution in [2.75, 3.05) is 19.8 Å². The average molecular weight is 1330 g/mol. The molecule has 5 aromatic carbocycles. The predicted molar refractivity (Wildman–Crippen MR) is 392 cm³/mol. The zero-order valence-electron chi connectivity index (χ0n) is 59.2. The molecule has 2 fully saturated rings. The minimum Gasteiger partial charge on any atom is -0.388 e. The van der Waals surface area contributed by atoms with Gasteiger partial charge in [0.2, 0.25) is 0 Å². The molecule has 11 atom stereocenters. The summed E-state index contributed by atoms with van der Waals surface area (Å²) in [4.78, 5) is 3.47. The summed E-state index contributed by atoms with van der Waals surface area (Å²) in [6.07, 6.45) is 35.2. The maximum atomic E-state index is 12.6. The second kappa shape index (κ2) is 50.8. The van der Waals surface area contributed by atoms with Crippen molar-refractivity contribution in [3.63, 3.8) is 0 Å². The van der Waals surface area contributed by atoms with E-state index < -0.39 is 67.3 Å². The van der Waals surface area contributed by atoms with E-state index in [-0.39, 0.29) is 33.0 Å². The van der Waals surface area contributed by atoms with Gasteiger partial charge in [-0.05, 0) is 97.6 Å². The Balaban J connectivity index is 1.14. The van der Waals surface area contributed by atoms with Gasteiger partial charge < -0.3 is 47.7 Å². The standard InChI is InChI=1S/C84H121N3O10/c1-3-5-7-9-11-13-15-17-19-21-23-25-27-29-31-48-60-90-75-62-76(91-61-49-32-30-28-26-24-22-20-18-16-14-12-10-8-6-4-2)80(83(95-67-73-58-46-37-47-59-73)79(75)92-64-70-52-40-34-41-53-70)97-84-77(86-87-85)81(93-65-71-54-42-35-43-55-71)82(94-66-72-56-44-36-45-57-72)78(96-84)74(88)68-89-63-69-50-38-33-39-51-69/h17-20,33-47,50-59,74-84,88H,3-16,21-32,48-49,60-68H2,1-2H3/b19-17-,20-18-/t74?,75-,76+,77-,78-,79+,80-,81-,82-,83-,84+/m1/s1. The fourth-order valence-electron chi connectivity index (χ4n) is 13.2. The Bertz CT molecular complexity index is 2790.